The van der Waals surface area contributed by atoms with Gasteiger partial charge in [0, 0.05) is 7.11 Å². The molecule has 0 aromatic heterocycles. The molecule has 1 aliphatic rings. The second-order valence-electron chi connectivity index (χ2n) is 4.33. The van der Waals surface area contributed by atoms with Crippen molar-refractivity contribution < 1.29 is 14.6 Å². The Hall–Kier alpha value is -0.570. The summed E-state index contributed by atoms with van der Waals surface area (Å²) in [7, 11) is 1.46. The predicted molar refractivity (Wildman–Crippen MR) is 44.9 cm³/mol. The van der Waals surface area contributed by atoms with Gasteiger partial charge in [0.05, 0.1) is 0 Å². The Morgan fingerprint density at radius 3 is 2.33 bits per heavy atom. The number of carboxylic acids is 1. The van der Waals surface area contributed by atoms with Gasteiger partial charge < -0.3 is 9.84 Å². The zero-order valence-corrected chi connectivity index (χ0v) is 7.83. The van der Waals surface area contributed by atoms with Gasteiger partial charge in [0.2, 0.25) is 0 Å². The van der Waals surface area contributed by atoms with E-state index in [1.165, 1.54) is 7.11 Å². The molecule has 0 aliphatic heterocycles. The Morgan fingerprint density at radius 2 is 2.08 bits per heavy atom. The van der Waals surface area contributed by atoms with Crippen LogP contribution in [0.4, 0.5) is 0 Å². The highest BCUT2D eigenvalue weighted by Gasteiger charge is 2.43. The predicted octanol–water partition coefficient (Wildman–Crippen LogP) is 1.52. The maximum Gasteiger partial charge on any atom is 0.333 e. The van der Waals surface area contributed by atoms with Crippen LogP contribution in [0.3, 0.4) is 0 Å². The van der Waals surface area contributed by atoms with Crippen molar-refractivity contribution in [2.75, 3.05) is 7.11 Å². The molecule has 1 atom stereocenters. The van der Waals surface area contributed by atoms with E-state index in [1.54, 1.807) is 0 Å². The lowest BCUT2D eigenvalue weighted by molar-refractivity contribution is -0.157. The highest BCUT2D eigenvalue weighted by Crippen LogP contribution is 2.46. The van der Waals surface area contributed by atoms with Crippen LogP contribution in [-0.4, -0.2) is 24.3 Å². The molecule has 0 spiro atoms. The molecule has 1 rings (SSSR count). The molecule has 1 saturated carbocycles. The van der Waals surface area contributed by atoms with Gasteiger partial charge in [0.1, 0.15) is 0 Å². The van der Waals surface area contributed by atoms with E-state index >= 15 is 0 Å². The van der Waals surface area contributed by atoms with Crippen LogP contribution in [0.25, 0.3) is 0 Å². The number of ether oxygens (including phenoxy) is 1. The van der Waals surface area contributed by atoms with Gasteiger partial charge in [-0.15, -0.1) is 0 Å². The average molecular weight is 172 g/mol. The standard InChI is InChI=1S/C9H16O3/c1-9(2)4-6(5-9)7(12-3)8(10)11/h6-7H,4-5H2,1-3H3,(H,10,11). The molecule has 1 N–H and O–H groups in total. The summed E-state index contributed by atoms with van der Waals surface area (Å²) >= 11 is 0. The van der Waals surface area contributed by atoms with Gasteiger partial charge in [-0.25, -0.2) is 4.79 Å². The molecule has 12 heavy (non-hydrogen) atoms. The number of hydrogen-bond donors (Lipinski definition) is 1. The van der Waals surface area contributed by atoms with Crippen LogP contribution in [0.15, 0.2) is 0 Å². The maximum atomic E-state index is 10.7. The fourth-order valence-corrected chi connectivity index (χ4v) is 2.07. The molecule has 0 amide bonds. The van der Waals surface area contributed by atoms with Gasteiger partial charge in [0.15, 0.2) is 6.10 Å². The lowest BCUT2D eigenvalue weighted by Gasteiger charge is -2.44. The number of aliphatic carboxylic acids is 1. The highest BCUT2D eigenvalue weighted by atomic mass is 16.5. The minimum absolute atomic E-state index is 0.211. The summed E-state index contributed by atoms with van der Waals surface area (Å²) in [6.45, 7) is 4.30. The Kier molecular flexibility index (Phi) is 2.42. The van der Waals surface area contributed by atoms with Gasteiger partial charge in [0.25, 0.3) is 0 Å². The second kappa shape index (κ2) is 3.05. The van der Waals surface area contributed by atoms with E-state index < -0.39 is 12.1 Å². The highest BCUT2D eigenvalue weighted by molar-refractivity contribution is 5.72. The van der Waals surface area contributed by atoms with Crippen LogP contribution in [-0.2, 0) is 9.53 Å². The number of methoxy groups -OCH3 is 1. The quantitative estimate of drug-likeness (QED) is 0.702. The number of rotatable bonds is 3. The van der Waals surface area contributed by atoms with Crippen molar-refractivity contribution in [2.45, 2.75) is 32.8 Å². The van der Waals surface area contributed by atoms with E-state index in [1.807, 2.05) is 0 Å². The molecule has 70 valence electrons. The minimum atomic E-state index is -0.835. The maximum absolute atomic E-state index is 10.7. The first-order valence-electron chi connectivity index (χ1n) is 4.22. The molecule has 3 heteroatoms. The average Bonchev–Trinajstić information content (AvgIpc) is 1.84. The summed E-state index contributed by atoms with van der Waals surface area (Å²) in [5.74, 6) is -0.625. The van der Waals surface area contributed by atoms with Crippen molar-refractivity contribution in [1.82, 2.24) is 0 Å². The van der Waals surface area contributed by atoms with Crippen LogP contribution in [0.5, 0.6) is 0 Å². The van der Waals surface area contributed by atoms with Crippen molar-refractivity contribution in [3.8, 4) is 0 Å². The van der Waals surface area contributed by atoms with Gasteiger partial charge in [-0.3, -0.25) is 0 Å². The van der Waals surface area contributed by atoms with Crippen molar-refractivity contribution in [3.63, 3.8) is 0 Å². The monoisotopic (exact) mass is 172 g/mol. The molecule has 0 radical (unpaired) electrons. The fraction of sp³-hybridized carbons (Fsp3) is 0.889. The summed E-state index contributed by atoms with van der Waals surface area (Å²) in [4.78, 5) is 10.7. The van der Waals surface area contributed by atoms with Gasteiger partial charge >= 0.3 is 5.97 Å². The molecule has 0 aromatic carbocycles. The van der Waals surface area contributed by atoms with Crippen molar-refractivity contribution in [3.05, 3.63) is 0 Å². The second-order valence-corrected chi connectivity index (χ2v) is 4.33. The van der Waals surface area contributed by atoms with Gasteiger partial charge in [-0.1, -0.05) is 13.8 Å². The summed E-state index contributed by atoms with van der Waals surface area (Å²) < 4.78 is 4.91. The van der Waals surface area contributed by atoms with E-state index in [0.717, 1.165) is 12.8 Å². The molecule has 3 nitrogen and oxygen atoms in total. The van der Waals surface area contributed by atoms with Gasteiger partial charge in [-0.2, -0.15) is 0 Å². The smallest absolute Gasteiger partial charge is 0.333 e. The molecule has 0 saturated heterocycles. The molecule has 1 aliphatic carbocycles. The SMILES string of the molecule is COC(C(=O)O)C1CC(C)(C)C1. The van der Waals surface area contributed by atoms with E-state index in [-0.39, 0.29) is 5.92 Å². The van der Waals surface area contributed by atoms with Crippen LogP contribution in [0.1, 0.15) is 26.7 Å². The van der Waals surface area contributed by atoms with Crippen molar-refractivity contribution in [2.24, 2.45) is 11.3 Å². The van der Waals surface area contributed by atoms with E-state index in [2.05, 4.69) is 13.8 Å². The van der Waals surface area contributed by atoms with Crippen LogP contribution in [0, 0.1) is 11.3 Å². The van der Waals surface area contributed by atoms with Crippen LogP contribution >= 0.6 is 0 Å². The number of hydrogen-bond acceptors (Lipinski definition) is 2. The lowest BCUT2D eigenvalue weighted by atomic mass is 9.62. The molecule has 1 unspecified atom stereocenters. The molecule has 0 aromatic rings. The van der Waals surface area contributed by atoms with Gasteiger partial charge in [-0.05, 0) is 24.2 Å². The first kappa shape index (κ1) is 9.52. The fourth-order valence-electron chi connectivity index (χ4n) is 2.07. The topological polar surface area (TPSA) is 46.5 Å². The first-order valence-corrected chi connectivity index (χ1v) is 4.22. The molecule has 0 bridgehead atoms. The Balaban J connectivity index is 2.45. The summed E-state index contributed by atoms with van der Waals surface area (Å²) in [5, 5.41) is 8.75. The van der Waals surface area contributed by atoms with E-state index in [4.69, 9.17) is 9.84 Å². The number of carboxylic acid groups (broad SMARTS) is 1. The Morgan fingerprint density at radius 1 is 1.58 bits per heavy atom. The van der Waals surface area contributed by atoms with E-state index in [9.17, 15) is 4.79 Å². The third kappa shape index (κ3) is 1.78. The summed E-state index contributed by atoms with van der Waals surface area (Å²) in [6, 6.07) is 0. The molecule has 1 fully saturated rings. The largest absolute Gasteiger partial charge is 0.479 e. The number of carbonyl (C=O) groups is 1. The molecular formula is C9H16O3. The minimum Gasteiger partial charge on any atom is -0.479 e. The van der Waals surface area contributed by atoms with E-state index in [0.29, 0.717) is 5.41 Å². The summed E-state index contributed by atoms with van der Waals surface area (Å²) in [6.07, 6.45) is 1.31. The molecular weight excluding hydrogens is 156 g/mol. The third-order valence-electron chi connectivity index (χ3n) is 2.56. The lowest BCUT2D eigenvalue weighted by Crippen LogP contribution is -2.43. The Labute approximate surface area is 72.7 Å². The summed E-state index contributed by atoms with van der Waals surface area (Å²) in [5.41, 5.74) is 0.316. The van der Waals surface area contributed by atoms with Crippen LogP contribution in [0.2, 0.25) is 0 Å². The molecule has 0 heterocycles. The zero-order valence-electron chi connectivity index (χ0n) is 7.83. The van der Waals surface area contributed by atoms with Crippen molar-refractivity contribution in [1.29, 1.82) is 0 Å². The first-order chi connectivity index (χ1) is 5.46. The third-order valence-corrected chi connectivity index (χ3v) is 2.56. The Bertz CT molecular complexity index is 178. The van der Waals surface area contributed by atoms with Crippen molar-refractivity contribution >= 4 is 5.97 Å². The normalized spacial score (nSPS) is 24.6. The zero-order chi connectivity index (χ0) is 9.35. The van der Waals surface area contributed by atoms with Crippen LogP contribution < -0.4 is 0 Å².